The Morgan fingerprint density at radius 2 is 1.84 bits per heavy atom. The summed E-state index contributed by atoms with van der Waals surface area (Å²) in [6, 6.07) is 5.41. The van der Waals surface area contributed by atoms with Gasteiger partial charge in [0.15, 0.2) is 0 Å². The highest BCUT2D eigenvalue weighted by molar-refractivity contribution is 7.89. The molecule has 0 aliphatic heterocycles. The SMILES string of the molecule is CC(C)CN(CC(C)C)C(=O)[C@H](Cc1cncn1C)NS(=O)(=O)c1ccc2occc2c1. The molecule has 1 N–H and O–H groups in total. The minimum Gasteiger partial charge on any atom is -0.464 e. The maximum atomic E-state index is 13.6. The van der Waals surface area contributed by atoms with Crippen LogP contribution in [-0.4, -0.2) is 47.9 Å². The van der Waals surface area contributed by atoms with E-state index in [1.807, 2.05) is 34.7 Å². The Hall–Kier alpha value is -2.65. The zero-order valence-corrected chi connectivity index (χ0v) is 20.1. The minimum absolute atomic E-state index is 0.0912. The molecule has 1 amide bonds. The average Bonchev–Trinajstić information content (AvgIpc) is 3.33. The first-order chi connectivity index (χ1) is 15.1. The molecule has 2 aromatic heterocycles. The fourth-order valence-electron chi connectivity index (χ4n) is 3.69. The molecule has 0 saturated heterocycles. The number of imidazole rings is 1. The smallest absolute Gasteiger partial charge is 0.241 e. The summed E-state index contributed by atoms with van der Waals surface area (Å²) in [5.74, 6) is 0.284. The second-order valence-corrected chi connectivity index (χ2v) is 10.7. The number of carbonyl (C=O) groups excluding carboxylic acids is 1. The lowest BCUT2D eigenvalue weighted by Gasteiger charge is -2.30. The number of hydrogen-bond donors (Lipinski definition) is 1. The molecule has 0 saturated carbocycles. The van der Waals surface area contributed by atoms with E-state index in [4.69, 9.17) is 4.42 Å². The van der Waals surface area contributed by atoms with E-state index in [9.17, 15) is 13.2 Å². The van der Waals surface area contributed by atoms with Crippen molar-refractivity contribution in [2.45, 2.75) is 45.1 Å². The Kier molecular flexibility index (Phi) is 7.40. The van der Waals surface area contributed by atoms with Crippen LogP contribution in [0, 0.1) is 11.8 Å². The van der Waals surface area contributed by atoms with E-state index in [0.717, 1.165) is 5.69 Å². The number of carbonyl (C=O) groups is 1. The molecule has 0 bridgehead atoms. The highest BCUT2D eigenvalue weighted by atomic mass is 32.2. The van der Waals surface area contributed by atoms with Crippen LogP contribution in [0.4, 0.5) is 0 Å². The van der Waals surface area contributed by atoms with Gasteiger partial charge in [-0.2, -0.15) is 4.72 Å². The topological polar surface area (TPSA) is 97.4 Å². The zero-order chi connectivity index (χ0) is 23.5. The maximum absolute atomic E-state index is 13.6. The Labute approximate surface area is 189 Å². The summed E-state index contributed by atoms with van der Waals surface area (Å²) >= 11 is 0. The molecule has 2 heterocycles. The van der Waals surface area contributed by atoms with Crippen molar-refractivity contribution in [3.05, 3.63) is 48.7 Å². The summed E-state index contributed by atoms with van der Waals surface area (Å²) in [6.45, 7) is 9.29. The third-order valence-corrected chi connectivity index (χ3v) is 6.61. The van der Waals surface area contributed by atoms with Crippen molar-refractivity contribution in [2.75, 3.05) is 13.1 Å². The molecule has 8 nitrogen and oxygen atoms in total. The van der Waals surface area contributed by atoms with Crippen molar-refractivity contribution < 1.29 is 17.6 Å². The van der Waals surface area contributed by atoms with Crippen molar-refractivity contribution in [2.24, 2.45) is 18.9 Å². The van der Waals surface area contributed by atoms with Gasteiger partial charge in [0.25, 0.3) is 0 Å². The number of nitrogens with zero attached hydrogens (tertiary/aromatic N) is 3. The molecule has 0 aliphatic rings. The Bertz CT molecular complexity index is 1150. The van der Waals surface area contributed by atoms with E-state index in [0.29, 0.717) is 24.1 Å². The molecule has 0 radical (unpaired) electrons. The van der Waals surface area contributed by atoms with E-state index >= 15 is 0 Å². The van der Waals surface area contributed by atoms with Gasteiger partial charge in [0.2, 0.25) is 15.9 Å². The summed E-state index contributed by atoms with van der Waals surface area (Å²) in [7, 11) is -2.12. The van der Waals surface area contributed by atoms with Crippen LogP contribution in [0.2, 0.25) is 0 Å². The molecular weight excluding hydrogens is 428 g/mol. The zero-order valence-electron chi connectivity index (χ0n) is 19.3. The number of aryl methyl sites for hydroxylation is 1. The first-order valence-electron chi connectivity index (χ1n) is 10.8. The van der Waals surface area contributed by atoms with Gasteiger partial charge in [-0.3, -0.25) is 4.79 Å². The largest absolute Gasteiger partial charge is 0.464 e. The fourth-order valence-corrected chi connectivity index (χ4v) is 4.92. The second kappa shape index (κ2) is 9.87. The van der Waals surface area contributed by atoms with Gasteiger partial charge in [-0.25, -0.2) is 13.4 Å². The quantitative estimate of drug-likeness (QED) is 0.501. The van der Waals surface area contributed by atoms with Crippen molar-refractivity contribution >= 4 is 26.9 Å². The van der Waals surface area contributed by atoms with Crippen LogP contribution < -0.4 is 4.72 Å². The molecule has 1 atom stereocenters. The van der Waals surface area contributed by atoms with E-state index in [-0.39, 0.29) is 29.1 Å². The van der Waals surface area contributed by atoms with E-state index in [1.165, 1.54) is 12.3 Å². The predicted molar refractivity (Wildman–Crippen MR) is 123 cm³/mol. The first kappa shape index (κ1) is 24.0. The third-order valence-electron chi connectivity index (χ3n) is 5.14. The summed E-state index contributed by atoms with van der Waals surface area (Å²) in [5, 5.41) is 0.684. The molecule has 174 valence electrons. The number of sulfonamides is 1. The van der Waals surface area contributed by atoms with Crippen molar-refractivity contribution in [1.29, 1.82) is 0 Å². The van der Waals surface area contributed by atoms with Crippen LogP contribution in [-0.2, 0) is 28.3 Å². The van der Waals surface area contributed by atoms with Gasteiger partial charge < -0.3 is 13.9 Å². The highest BCUT2D eigenvalue weighted by Crippen LogP contribution is 2.21. The van der Waals surface area contributed by atoms with Crippen molar-refractivity contribution in [3.63, 3.8) is 0 Å². The van der Waals surface area contributed by atoms with Crippen LogP contribution >= 0.6 is 0 Å². The van der Waals surface area contributed by atoms with Crippen LogP contribution in [0.25, 0.3) is 11.0 Å². The van der Waals surface area contributed by atoms with Crippen LogP contribution in [0.1, 0.15) is 33.4 Å². The number of hydrogen-bond acceptors (Lipinski definition) is 5. The number of amides is 1. The first-order valence-corrected chi connectivity index (χ1v) is 12.3. The number of furan rings is 1. The standard InChI is InChI=1S/C23H32N4O4S/c1-16(2)13-27(14-17(3)4)23(28)21(11-19-12-24-15-26(19)5)25-32(29,30)20-6-7-22-18(10-20)8-9-31-22/h6-10,12,15-17,21,25H,11,13-14H2,1-5H3/t21-/m0/s1. The van der Waals surface area contributed by atoms with Gasteiger partial charge in [0, 0.05) is 43.8 Å². The number of aromatic nitrogens is 2. The van der Waals surface area contributed by atoms with Crippen molar-refractivity contribution in [3.8, 4) is 0 Å². The molecule has 1 aromatic carbocycles. The maximum Gasteiger partial charge on any atom is 0.241 e. The number of rotatable bonds is 10. The lowest BCUT2D eigenvalue weighted by molar-refractivity contribution is -0.134. The van der Waals surface area contributed by atoms with Crippen LogP contribution in [0.15, 0.2) is 52.4 Å². The fraction of sp³-hybridized carbons (Fsp3) is 0.478. The normalized spacial score (nSPS) is 13.2. The molecule has 3 rings (SSSR count). The summed E-state index contributed by atoms with van der Waals surface area (Å²) in [6.07, 6.45) is 5.01. The molecule has 0 spiro atoms. The molecule has 0 unspecified atom stereocenters. The molecule has 32 heavy (non-hydrogen) atoms. The number of fused-ring (bicyclic) bond motifs is 1. The van der Waals surface area contributed by atoms with E-state index < -0.39 is 16.1 Å². The molecule has 0 fully saturated rings. The third kappa shape index (κ3) is 5.77. The lowest BCUT2D eigenvalue weighted by atomic mass is 10.1. The second-order valence-electron chi connectivity index (χ2n) is 9.03. The predicted octanol–water partition coefficient (Wildman–Crippen LogP) is 3.20. The average molecular weight is 461 g/mol. The van der Waals surface area contributed by atoms with Gasteiger partial charge in [-0.15, -0.1) is 0 Å². The monoisotopic (exact) mass is 460 g/mol. The summed E-state index contributed by atoms with van der Waals surface area (Å²) in [4.78, 5) is 19.5. The minimum atomic E-state index is -3.95. The number of benzene rings is 1. The Morgan fingerprint density at radius 1 is 1.16 bits per heavy atom. The molecule has 0 aliphatic carbocycles. The summed E-state index contributed by atoms with van der Waals surface area (Å²) < 4.78 is 36.3. The molecule has 9 heteroatoms. The van der Waals surface area contributed by atoms with E-state index in [1.54, 1.807) is 40.2 Å². The van der Waals surface area contributed by atoms with Gasteiger partial charge >= 0.3 is 0 Å². The Morgan fingerprint density at radius 3 is 2.44 bits per heavy atom. The number of nitrogens with one attached hydrogen (secondary N) is 1. The van der Waals surface area contributed by atoms with Gasteiger partial charge in [-0.05, 0) is 36.1 Å². The summed E-state index contributed by atoms with van der Waals surface area (Å²) in [5.41, 5.74) is 1.37. The van der Waals surface area contributed by atoms with Crippen LogP contribution in [0.5, 0.6) is 0 Å². The molecule has 3 aromatic rings. The highest BCUT2D eigenvalue weighted by Gasteiger charge is 2.31. The molecular formula is C23H32N4O4S. The Balaban J connectivity index is 1.93. The van der Waals surface area contributed by atoms with E-state index in [2.05, 4.69) is 9.71 Å². The lowest BCUT2D eigenvalue weighted by Crippen LogP contribution is -2.51. The van der Waals surface area contributed by atoms with Gasteiger partial charge in [-0.1, -0.05) is 27.7 Å². The van der Waals surface area contributed by atoms with Crippen LogP contribution in [0.3, 0.4) is 0 Å². The van der Waals surface area contributed by atoms with Crippen molar-refractivity contribution in [1.82, 2.24) is 19.2 Å². The van der Waals surface area contributed by atoms with Gasteiger partial charge in [0.05, 0.1) is 17.5 Å². The van der Waals surface area contributed by atoms with Gasteiger partial charge in [0.1, 0.15) is 11.6 Å².